The molecule has 102 valence electrons. The lowest BCUT2D eigenvalue weighted by molar-refractivity contribution is -0.121. The molecule has 0 aliphatic heterocycles. The highest BCUT2D eigenvalue weighted by Gasteiger charge is 2.31. The van der Waals surface area contributed by atoms with E-state index in [1.807, 2.05) is 39.0 Å². The standard InChI is InChI=1S/C14H19N3OS/c1-10(2)14(4,9-15)17-13(18)11(3)19-12-7-5-6-8-16-12/h5-8,10-11H,1-4H3,(H,17,18). The molecule has 1 aromatic heterocycles. The molecule has 0 saturated heterocycles. The van der Waals surface area contributed by atoms with Gasteiger partial charge in [-0.05, 0) is 31.9 Å². The summed E-state index contributed by atoms with van der Waals surface area (Å²) < 4.78 is 0. The minimum absolute atomic E-state index is 0.0495. The highest BCUT2D eigenvalue weighted by Crippen LogP contribution is 2.22. The summed E-state index contributed by atoms with van der Waals surface area (Å²) in [6, 6.07) is 7.75. The van der Waals surface area contributed by atoms with Crippen LogP contribution >= 0.6 is 11.8 Å². The Labute approximate surface area is 118 Å². The van der Waals surface area contributed by atoms with Gasteiger partial charge < -0.3 is 5.32 Å². The number of rotatable bonds is 5. The second-order valence-electron chi connectivity index (χ2n) is 4.89. The number of aromatic nitrogens is 1. The molecule has 0 fully saturated rings. The Bertz CT molecular complexity index is 469. The summed E-state index contributed by atoms with van der Waals surface area (Å²) in [5, 5.41) is 12.5. The predicted octanol–water partition coefficient (Wildman–Crippen LogP) is 2.62. The fourth-order valence-electron chi connectivity index (χ4n) is 1.31. The molecule has 4 nitrogen and oxygen atoms in total. The molecule has 2 atom stereocenters. The van der Waals surface area contributed by atoms with Gasteiger partial charge in [-0.1, -0.05) is 31.7 Å². The molecule has 0 bridgehead atoms. The molecule has 1 rings (SSSR count). The van der Waals surface area contributed by atoms with Crippen LogP contribution in [0.1, 0.15) is 27.7 Å². The van der Waals surface area contributed by atoms with Crippen molar-refractivity contribution in [2.75, 3.05) is 0 Å². The zero-order chi connectivity index (χ0) is 14.5. The fraction of sp³-hybridized carbons (Fsp3) is 0.500. The molecule has 5 heteroatoms. The van der Waals surface area contributed by atoms with E-state index >= 15 is 0 Å². The lowest BCUT2D eigenvalue weighted by Crippen LogP contribution is -2.51. The molecular weight excluding hydrogens is 258 g/mol. The summed E-state index contributed by atoms with van der Waals surface area (Å²) in [5.74, 6) is -0.0955. The van der Waals surface area contributed by atoms with Gasteiger partial charge in [-0.15, -0.1) is 0 Å². The maximum atomic E-state index is 12.1. The van der Waals surface area contributed by atoms with E-state index in [9.17, 15) is 10.1 Å². The number of nitriles is 1. The number of pyridine rings is 1. The molecular formula is C14H19N3OS. The lowest BCUT2D eigenvalue weighted by Gasteiger charge is -2.28. The molecule has 1 heterocycles. The summed E-state index contributed by atoms with van der Waals surface area (Å²) in [7, 11) is 0. The van der Waals surface area contributed by atoms with Gasteiger partial charge in [0.05, 0.1) is 16.3 Å². The molecule has 1 amide bonds. The Morgan fingerprint density at radius 3 is 2.63 bits per heavy atom. The molecule has 0 saturated carbocycles. The number of thioether (sulfide) groups is 1. The first-order valence-corrected chi connectivity index (χ1v) is 7.08. The van der Waals surface area contributed by atoms with Crippen molar-refractivity contribution in [3.63, 3.8) is 0 Å². The minimum atomic E-state index is -0.837. The van der Waals surface area contributed by atoms with Gasteiger partial charge >= 0.3 is 0 Å². The van der Waals surface area contributed by atoms with Gasteiger partial charge in [-0.2, -0.15) is 5.26 Å². The number of hydrogen-bond donors (Lipinski definition) is 1. The Morgan fingerprint density at radius 2 is 2.16 bits per heavy atom. The van der Waals surface area contributed by atoms with Crippen molar-refractivity contribution in [3.05, 3.63) is 24.4 Å². The third-order valence-electron chi connectivity index (χ3n) is 3.07. The number of carbonyl (C=O) groups is 1. The molecule has 0 radical (unpaired) electrons. The Morgan fingerprint density at radius 1 is 1.47 bits per heavy atom. The van der Waals surface area contributed by atoms with Crippen molar-refractivity contribution >= 4 is 17.7 Å². The van der Waals surface area contributed by atoms with Gasteiger partial charge in [0.25, 0.3) is 0 Å². The molecule has 0 aliphatic rings. The number of hydrogen-bond acceptors (Lipinski definition) is 4. The highest BCUT2D eigenvalue weighted by atomic mass is 32.2. The minimum Gasteiger partial charge on any atom is -0.337 e. The second-order valence-corrected chi connectivity index (χ2v) is 6.25. The van der Waals surface area contributed by atoms with E-state index in [1.54, 1.807) is 13.1 Å². The third kappa shape index (κ3) is 4.25. The van der Waals surface area contributed by atoms with Crippen molar-refractivity contribution in [2.24, 2.45) is 5.92 Å². The molecule has 0 spiro atoms. The van der Waals surface area contributed by atoms with Crippen molar-refractivity contribution < 1.29 is 4.79 Å². The first kappa shape index (κ1) is 15.5. The summed E-state index contributed by atoms with van der Waals surface area (Å²) in [5.41, 5.74) is -0.837. The third-order valence-corrected chi connectivity index (χ3v) is 4.12. The average Bonchev–Trinajstić information content (AvgIpc) is 2.39. The highest BCUT2D eigenvalue weighted by molar-refractivity contribution is 8.00. The SMILES string of the molecule is CC(Sc1ccccn1)C(=O)NC(C)(C#N)C(C)C. The van der Waals surface area contributed by atoms with Crippen LogP contribution in [0.25, 0.3) is 0 Å². The second kappa shape index (κ2) is 6.58. The van der Waals surface area contributed by atoms with Crippen LogP contribution < -0.4 is 5.32 Å². The van der Waals surface area contributed by atoms with Gasteiger partial charge in [-0.3, -0.25) is 4.79 Å². The molecule has 0 aliphatic carbocycles. The Kier molecular flexibility index (Phi) is 5.37. The maximum Gasteiger partial charge on any atom is 0.234 e. The zero-order valence-electron chi connectivity index (χ0n) is 11.7. The van der Waals surface area contributed by atoms with Gasteiger partial charge in [0, 0.05) is 6.20 Å². The summed E-state index contributed by atoms with van der Waals surface area (Å²) in [6.45, 7) is 7.39. The van der Waals surface area contributed by atoms with Crippen molar-refractivity contribution in [1.82, 2.24) is 10.3 Å². The van der Waals surface area contributed by atoms with Crippen LogP contribution in [0.5, 0.6) is 0 Å². The van der Waals surface area contributed by atoms with Crippen molar-refractivity contribution in [1.29, 1.82) is 5.26 Å². The van der Waals surface area contributed by atoms with E-state index in [-0.39, 0.29) is 17.1 Å². The quantitative estimate of drug-likeness (QED) is 0.840. The zero-order valence-corrected chi connectivity index (χ0v) is 12.5. The smallest absolute Gasteiger partial charge is 0.234 e. The Balaban J connectivity index is 2.66. The molecule has 0 aromatic carbocycles. The van der Waals surface area contributed by atoms with E-state index in [1.165, 1.54) is 11.8 Å². The maximum absolute atomic E-state index is 12.1. The van der Waals surface area contributed by atoms with Gasteiger partial charge in [0.2, 0.25) is 5.91 Å². The largest absolute Gasteiger partial charge is 0.337 e. The summed E-state index contributed by atoms with van der Waals surface area (Å²) >= 11 is 1.38. The topological polar surface area (TPSA) is 65.8 Å². The first-order chi connectivity index (χ1) is 8.89. The van der Waals surface area contributed by atoms with E-state index < -0.39 is 5.54 Å². The van der Waals surface area contributed by atoms with Crippen LogP contribution in [0.2, 0.25) is 0 Å². The van der Waals surface area contributed by atoms with E-state index in [4.69, 9.17) is 0 Å². The van der Waals surface area contributed by atoms with Gasteiger partial charge in [0.15, 0.2) is 0 Å². The van der Waals surface area contributed by atoms with Crippen molar-refractivity contribution in [2.45, 2.75) is 43.5 Å². The van der Waals surface area contributed by atoms with Gasteiger partial charge in [0.1, 0.15) is 5.54 Å². The molecule has 1 N–H and O–H groups in total. The average molecular weight is 277 g/mol. The molecule has 1 aromatic rings. The monoisotopic (exact) mass is 277 g/mol. The number of amides is 1. The normalized spacial score (nSPS) is 15.4. The van der Waals surface area contributed by atoms with Crippen LogP contribution in [-0.4, -0.2) is 21.7 Å². The number of nitrogens with zero attached hydrogens (tertiary/aromatic N) is 2. The number of carbonyl (C=O) groups excluding carboxylic acids is 1. The fourth-order valence-corrected chi connectivity index (χ4v) is 2.12. The van der Waals surface area contributed by atoms with Crippen LogP contribution in [0.3, 0.4) is 0 Å². The van der Waals surface area contributed by atoms with Crippen LogP contribution in [-0.2, 0) is 4.79 Å². The van der Waals surface area contributed by atoms with Gasteiger partial charge in [-0.25, -0.2) is 4.98 Å². The van der Waals surface area contributed by atoms with Crippen LogP contribution in [0, 0.1) is 17.2 Å². The predicted molar refractivity (Wildman–Crippen MR) is 76.6 cm³/mol. The lowest BCUT2D eigenvalue weighted by atomic mass is 9.90. The van der Waals surface area contributed by atoms with E-state index in [0.717, 1.165) is 5.03 Å². The molecule has 19 heavy (non-hydrogen) atoms. The first-order valence-electron chi connectivity index (χ1n) is 6.20. The Hall–Kier alpha value is -1.54. The molecule has 2 unspecified atom stereocenters. The van der Waals surface area contributed by atoms with Crippen LogP contribution in [0.15, 0.2) is 29.4 Å². The van der Waals surface area contributed by atoms with Crippen LogP contribution in [0.4, 0.5) is 0 Å². The van der Waals surface area contributed by atoms with E-state index in [2.05, 4.69) is 16.4 Å². The summed E-state index contributed by atoms with van der Waals surface area (Å²) in [6.07, 6.45) is 1.69. The number of nitrogens with one attached hydrogen (secondary N) is 1. The van der Waals surface area contributed by atoms with E-state index in [0.29, 0.717) is 0 Å². The summed E-state index contributed by atoms with van der Waals surface area (Å²) in [4.78, 5) is 16.3. The van der Waals surface area contributed by atoms with Crippen molar-refractivity contribution in [3.8, 4) is 6.07 Å².